The number of carbonyl (C=O) groups is 2. The average Bonchev–Trinajstić information content (AvgIpc) is 2.36. The van der Waals surface area contributed by atoms with E-state index in [1.165, 1.54) is 11.8 Å². The second-order valence-electron chi connectivity index (χ2n) is 4.02. The smallest absolute Gasteiger partial charge is 0.331 e. The van der Waals surface area contributed by atoms with Gasteiger partial charge in [0, 0.05) is 19.0 Å². The second kappa shape index (κ2) is 6.78. The fourth-order valence-corrected chi connectivity index (χ4v) is 2.01. The molecule has 1 amide bonds. The number of hydrogen-bond donors (Lipinski definition) is 1. The van der Waals surface area contributed by atoms with Gasteiger partial charge in [-0.2, -0.15) is 0 Å². The molecule has 1 rings (SSSR count). The number of carboxylic acid groups (broad SMARTS) is 1. The van der Waals surface area contributed by atoms with Crippen molar-refractivity contribution < 1.29 is 19.4 Å². The lowest BCUT2D eigenvalue weighted by Gasteiger charge is -2.28. The zero-order valence-corrected chi connectivity index (χ0v) is 11.4. The van der Waals surface area contributed by atoms with Gasteiger partial charge in [0.2, 0.25) is 5.91 Å². The highest BCUT2D eigenvalue weighted by atomic mass is 16.5. The van der Waals surface area contributed by atoms with Crippen LogP contribution in [0.2, 0.25) is 0 Å². The molecule has 5 heteroatoms. The highest BCUT2D eigenvalue weighted by Crippen LogP contribution is 2.29. The maximum absolute atomic E-state index is 11.6. The van der Waals surface area contributed by atoms with Crippen LogP contribution in [0.3, 0.4) is 0 Å². The summed E-state index contributed by atoms with van der Waals surface area (Å²) in [5.41, 5.74) is 0.494. The highest BCUT2D eigenvalue weighted by molar-refractivity contribution is 5.84. The third-order valence-corrected chi connectivity index (χ3v) is 2.80. The van der Waals surface area contributed by atoms with E-state index >= 15 is 0 Å². The number of likely N-dealkylation sites (N-methyl/N-ethyl adjacent to an activating group) is 1. The van der Waals surface area contributed by atoms with Crippen molar-refractivity contribution in [3.63, 3.8) is 0 Å². The molecule has 1 unspecified atom stereocenters. The lowest BCUT2D eigenvalue weighted by molar-refractivity contribution is -0.149. The summed E-state index contributed by atoms with van der Waals surface area (Å²) in [4.78, 5) is 24.4. The van der Waals surface area contributed by atoms with Gasteiger partial charge in [0.1, 0.15) is 5.75 Å². The molecule has 0 fully saturated rings. The molecule has 0 aliphatic heterocycles. The summed E-state index contributed by atoms with van der Waals surface area (Å²) in [6, 6.07) is 5.88. The van der Waals surface area contributed by atoms with Crippen LogP contribution in [0.4, 0.5) is 0 Å². The maximum atomic E-state index is 11.6. The van der Waals surface area contributed by atoms with Crippen molar-refractivity contribution in [3.8, 4) is 5.75 Å². The molecular weight excluding hydrogens is 246 g/mol. The Morgan fingerprint density at radius 2 is 1.95 bits per heavy atom. The first-order valence-electron chi connectivity index (χ1n) is 6.24. The Morgan fingerprint density at radius 3 is 2.42 bits per heavy atom. The Morgan fingerprint density at radius 1 is 1.32 bits per heavy atom. The zero-order chi connectivity index (χ0) is 14.4. The lowest BCUT2D eigenvalue weighted by atomic mass is 10.0. The number of para-hydroxylation sites is 1. The van der Waals surface area contributed by atoms with E-state index < -0.39 is 12.0 Å². The van der Waals surface area contributed by atoms with Crippen molar-refractivity contribution in [2.24, 2.45) is 0 Å². The number of aliphatic carboxylic acids is 1. The van der Waals surface area contributed by atoms with Crippen molar-refractivity contribution in [1.82, 2.24) is 4.90 Å². The largest absolute Gasteiger partial charge is 0.493 e. The Kier molecular flexibility index (Phi) is 5.36. The van der Waals surface area contributed by atoms with Gasteiger partial charge >= 0.3 is 5.97 Å². The first kappa shape index (κ1) is 15.0. The highest BCUT2D eigenvalue weighted by Gasteiger charge is 2.30. The predicted octanol–water partition coefficient (Wildman–Crippen LogP) is 2.08. The molecule has 0 heterocycles. The molecule has 0 saturated carbocycles. The second-order valence-corrected chi connectivity index (χ2v) is 4.02. The average molecular weight is 265 g/mol. The zero-order valence-electron chi connectivity index (χ0n) is 11.4. The van der Waals surface area contributed by atoms with E-state index in [-0.39, 0.29) is 5.91 Å². The number of carboxylic acids is 1. The molecule has 0 spiro atoms. The molecule has 0 aliphatic carbocycles. The topological polar surface area (TPSA) is 66.8 Å². The molecule has 0 aliphatic rings. The van der Waals surface area contributed by atoms with Crippen LogP contribution >= 0.6 is 0 Å². The number of carbonyl (C=O) groups excluding carboxylic acids is 1. The van der Waals surface area contributed by atoms with Gasteiger partial charge in [0.15, 0.2) is 6.04 Å². The summed E-state index contributed by atoms with van der Waals surface area (Å²) < 4.78 is 5.44. The van der Waals surface area contributed by atoms with Gasteiger partial charge in [-0.05, 0) is 19.9 Å². The van der Waals surface area contributed by atoms with Crippen molar-refractivity contribution in [2.45, 2.75) is 26.8 Å². The monoisotopic (exact) mass is 265 g/mol. The molecule has 19 heavy (non-hydrogen) atoms. The summed E-state index contributed by atoms with van der Waals surface area (Å²) in [5.74, 6) is -0.845. The van der Waals surface area contributed by atoms with Gasteiger partial charge in [-0.1, -0.05) is 18.2 Å². The third kappa shape index (κ3) is 3.47. The minimum Gasteiger partial charge on any atom is -0.493 e. The van der Waals surface area contributed by atoms with Crippen molar-refractivity contribution in [3.05, 3.63) is 29.8 Å². The Hall–Kier alpha value is -2.04. The SMILES string of the molecule is CCOc1ccccc1C(C(=O)O)N(CC)C(C)=O. The van der Waals surface area contributed by atoms with Crippen LogP contribution in [-0.2, 0) is 9.59 Å². The minimum atomic E-state index is -1.07. The van der Waals surface area contributed by atoms with E-state index in [1.54, 1.807) is 31.2 Å². The van der Waals surface area contributed by atoms with Crippen LogP contribution in [-0.4, -0.2) is 35.0 Å². The number of amides is 1. The molecule has 0 radical (unpaired) electrons. The van der Waals surface area contributed by atoms with Crippen molar-refractivity contribution in [2.75, 3.05) is 13.2 Å². The molecule has 104 valence electrons. The van der Waals surface area contributed by atoms with Crippen LogP contribution in [0, 0.1) is 0 Å². The molecule has 5 nitrogen and oxygen atoms in total. The number of rotatable bonds is 6. The number of ether oxygens (including phenoxy) is 1. The summed E-state index contributed by atoms with van der Waals surface area (Å²) in [7, 11) is 0. The van der Waals surface area contributed by atoms with E-state index in [0.717, 1.165) is 0 Å². The molecular formula is C14H19NO4. The summed E-state index contributed by atoms with van der Waals surface area (Å²) >= 11 is 0. The summed E-state index contributed by atoms with van der Waals surface area (Å²) in [6.07, 6.45) is 0. The van der Waals surface area contributed by atoms with Crippen LogP contribution in [0.25, 0.3) is 0 Å². The predicted molar refractivity (Wildman–Crippen MR) is 71.0 cm³/mol. The van der Waals surface area contributed by atoms with Crippen LogP contribution in [0.1, 0.15) is 32.4 Å². The fourth-order valence-electron chi connectivity index (χ4n) is 2.01. The molecule has 0 saturated heterocycles. The first-order chi connectivity index (χ1) is 9.02. The van der Waals surface area contributed by atoms with E-state index in [2.05, 4.69) is 0 Å². The van der Waals surface area contributed by atoms with E-state index in [4.69, 9.17) is 4.74 Å². The van der Waals surface area contributed by atoms with Crippen LogP contribution in [0.15, 0.2) is 24.3 Å². The fraction of sp³-hybridized carbons (Fsp3) is 0.429. The lowest BCUT2D eigenvalue weighted by Crippen LogP contribution is -2.37. The van der Waals surface area contributed by atoms with Crippen molar-refractivity contribution in [1.29, 1.82) is 0 Å². The number of nitrogens with zero attached hydrogens (tertiary/aromatic N) is 1. The molecule has 0 bridgehead atoms. The molecule has 1 N–H and O–H groups in total. The van der Waals surface area contributed by atoms with Gasteiger partial charge in [-0.25, -0.2) is 4.79 Å². The van der Waals surface area contributed by atoms with E-state index in [0.29, 0.717) is 24.5 Å². The first-order valence-corrected chi connectivity index (χ1v) is 6.24. The molecule has 1 aromatic rings. The summed E-state index contributed by atoms with van der Waals surface area (Å²) in [6.45, 7) is 5.71. The van der Waals surface area contributed by atoms with Gasteiger partial charge in [0.05, 0.1) is 6.61 Å². The maximum Gasteiger partial charge on any atom is 0.331 e. The Bertz CT molecular complexity index is 459. The number of benzene rings is 1. The Labute approximate surface area is 112 Å². The van der Waals surface area contributed by atoms with Crippen LogP contribution < -0.4 is 4.74 Å². The summed E-state index contributed by atoms with van der Waals surface area (Å²) in [5, 5.41) is 9.42. The third-order valence-electron chi connectivity index (χ3n) is 2.80. The van der Waals surface area contributed by atoms with Gasteiger partial charge in [-0.15, -0.1) is 0 Å². The quantitative estimate of drug-likeness (QED) is 0.855. The van der Waals surface area contributed by atoms with Gasteiger partial charge in [-0.3, -0.25) is 4.79 Å². The molecule has 1 atom stereocenters. The normalized spacial score (nSPS) is 11.7. The minimum absolute atomic E-state index is 0.277. The van der Waals surface area contributed by atoms with Gasteiger partial charge < -0.3 is 14.7 Å². The Balaban J connectivity index is 3.26. The molecule has 1 aromatic carbocycles. The standard InChI is InChI=1S/C14H19NO4/c1-4-15(10(3)16)13(14(17)18)11-8-6-7-9-12(11)19-5-2/h6-9,13H,4-5H2,1-3H3,(H,17,18). The van der Waals surface area contributed by atoms with E-state index in [9.17, 15) is 14.7 Å². The van der Waals surface area contributed by atoms with Crippen LogP contribution in [0.5, 0.6) is 5.75 Å². The van der Waals surface area contributed by atoms with E-state index in [1.807, 2.05) is 6.92 Å². The van der Waals surface area contributed by atoms with Crippen molar-refractivity contribution >= 4 is 11.9 Å². The number of hydrogen-bond acceptors (Lipinski definition) is 3. The molecule has 0 aromatic heterocycles. The van der Waals surface area contributed by atoms with Gasteiger partial charge in [0.25, 0.3) is 0 Å².